The Morgan fingerprint density at radius 3 is 1.26 bits per heavy atom. The van der Waals surface area contributed by atoms with E-state index in [1.165, 1.54) is 12.1 Å². The molecule has 0 bridgehead atoms. The van der Waals surface area contributed by atoms with Gasteiger partial charge in [-0.15, -0.1) is 0 Å². The van der Waals surface area contributed by atoms with Gasteiger partial charge in [-0.25, -0.2) is 15.0 Å². The van der Waals surface area contributed by atoms with Crippen LogP contribution in [0.1, 0.15) is 0 Å². The number of nitrogens with zero attached hydrogens (tertiary/aromatic N) is 3. The first-order valence-corrected chi connectivity index (χ1v) is 10.8. The Bertz CT molecular complexity index is 1290. The number of rotatable bonds is 7. The molecule has 0 fully saturated rings. The van der Waals surface area contributed by atoms with Crippen LogP contribution in [-0.4, -0.2) is 25.2 Å². The zero-order valence-electron chi connectivity index (χ0n) is 16.9. The van der Waals surface area contributed by atoms with Crippen LogP contribution in [0.5, 0.6) is 34.5 Å². The molecule has 0 aliphatic heterocycles. The molecule has 0 aliphatic rings. The fraction of sp³-hybridized carbons (Fsp3) is 0. The fourth-order valence-electron chi connectivity index (χ4n) is 3.07. The molecule has 174 valence electrons. The summed E-state index contributed by atoms with van der Waals surface area (Å²) in [5, 5.41) is 21.1. The van der Waals surface area contributed by atoms with Crippen LogP contribution >= 0.6 is 51.6 Å². The molecule has 0 aliphatic carbocycles. The lowest BCUT2D eigenvalue weighted by Gasteiger charge is -2.12. The molecule has 9 nitrogen and oxygen atoms in total. The maximum atomic E-state index is 10.5. The molecule has 3 aromatic carbocycles. The monoisotopic (exact) mass is 533 g/mol. The highest BCUT2D eigenvalue weighted by Crippen LogP contribution is 2.38. The number of hydrogen-bond donors (Lipinski definition) is 6. The zero-order valence-corrected chi connectivity index (χ0v) is 20.4. The molecule has 0 radical (unpaired) electrons. The summed E-state index contributed by atoms with van der Waals surface area (Å²) in [4.78, 5) is 13.5. The van der Waals surface area contributed by atoms with Crippen molar-refractivity contribution < 1.29 is 26.9 Å². The van der Waals surface area contributed by atoms with Gasteiger partial charge >= 0.3 is 0 Å². The first-order chi connectivity index (χ1) is 16.5. The maximum Gasteiger partial charge on any atom is 0.167 e. The summed E-state index contributed by atoms with van der Waals surface area (Å²) in [5.41, 5.74) is 1.02. The molecule has 0 amide bonds. The van der Waals surface area contributed by atoms with E-state index >= 15 is 0 Å². The Kier molecular flexibility index (Phi) is 7.36. The van der Waals surface area contributed by atoms with Gasteiger partial charge in [0.1, 0.15) is 28.7 Å². The van der Waals surface area contributed by atoms with E-state index in [1.807, 2.05) is 0 Å². The molecule has 1 heterocycles. The van der Waals surface area contributed by atoms with Gasteiger partial charge in [-0.3, -0.25) is 0 Å². The molecule has 2 N–H and O–H groups in total. The highest BCUT2D eigenvalue weighted by molar-refractivity contribution is 7.75. The van der Waals surface area contributed by atoms with Crippen molar-refractivity contribution in [3.8, 4) is 68.7 Å². The van der Waals surface area contributed by atoms with Crippen molar-refractivity contribution in [2.75, 3.05) is 0 Å². The average molecular weight is 534 g/mol. The van der Waals surface area contributed by atoms with Crippen LogP contribution in [0.4, 0.5) is 0 Å². The molecule has 0 unspecified atom stereocenters. The lowest BCUT2D eigenvalue weighted by molar-refractivity contribution is 0.474. The summed E-state index contributed by atoms with van der Waals surface area (Å²) >= 11 is 15.2. The number of phenols is 2. The molecule has 0 spiro atoms. The van der Waals surface area contributed by atoms with Gasteiger partial charge < -0.3 is 26.9 Å². The molecule has 0 saturated heterocycles. The summed E-state index contributed by atoms with van der Waals surface area (Å²) in [6.07, 6.45) is 0. The standard InChI is InChI=1S/C21H15N3O6S4/c25-16-7-10(27-31)1-4-13(16)19-22-20(14-5-2-11(28-32)8-17(14)26)24-21(23-19)15-6-3-12(29-33)9-18(15)30-34/h1-9,25-26,31-34H. The maximum absolute atomic E-state index is 10.5. The van der Waals surface area contributed by atoms with Crippen molar-refractivity contribution in [2.24, 2.45) is 0 Å². The van der Waals surface area contributed by atoms with E-state index in [1.54, 1.807) is 42.5 Å². The van der Waals surface area contributed by atoms with Gasteiger partial charge in [0.25, 0.3) is 0 Å². The highest BCUT2D eigenvalue weighted by atomic mass is 32.1. The molecule has 13 heteroatoms. The van der Waals surface area contributed by atoms with Gasteiger partial charge in [-0.1, -0.05) is 0 Å². The molecule has 0 saturated carbocycles. The minimum absolute atomic E-state index is 0.122. The highest BCUT2D eigenvalue weighted by Gasteiger charge is 2.19. The Hall–Kier alpha value is -3.13. The SMILES string of the molecule is Oc1cc(OS)ccc1-c1nc(-c2ccc(OS)cc2O)nc(-c2ccc(OS)cc2OS)n1. The van der Waals surface area contributed by atoms with Gasteiger partial charge in [0.05, 0.1) is 16.7 Å². The van der Waals surface area contributed by atoms with Crippen molar-refractivity contribution >= 4 is 51.6 Å². The number of benzene rings is 3. The summed E-state index contributed by atoms with van der Waals surface area (Å²) in [5.74, 6) is 1.46. The van der Waals surface area contributed by atoms with Crippen molar-refractivity contribution in [1.29, 1.82) is 0 Å². The minimum Gasteiger partial charge on any atom is -0.507 e. The van der Waals surface area contributed by atoms with Crippen LogP contribution in [0.3, 0.4) is 0 Å². The second kappa shape index (κ2) is 10.4. The van der Waals surface area contributed by atoms with Gasteiger partial charge in [0, 0.05) is 69.8 Å². The third-order valence-electron chi connectivity index (χ3n) is 4.66. The van der Waals surface area contributed by atoms with E-state index < -0.39 is 0 Å². The quantitative estimate of drug-likeness (QED) is 0.141. The average Bonchev–Trinajstić information content (AvgIpc) is 2.87. The second-order valence-corrected chi connectivity index (χ2v) is 7.42. The first kappa shape index (κ1) is 24.0. The lowest BCUT2D eigenvalue weighted by atomic mass is 10.1. The molecular formula is C21H15N3O6S4. The number of thiol groups is 4. The van der Waals surface area contributed by atoms with E-state index in [0.29, 0.717) is 22.8 Å². The van der Waals surface area contributed by atoms with Gasteiger partial charge in [0.2, 0.25) is 0 Å². The largest absolute Gasteiger partial charge is 0.507 e. The smallest absolute Gasteiger partial charge is 0.167 e. The summed E-state index contributed by atoms with van der Waals surface area (Å²) < 4.78 is 19.8. The Labute approximate surface area is 216 Å². The van der Waals surface area contributed by atoms with Crippen molar-refractivity contribution in [2.45, 2.75) is 0 Å². The zero-order chi connectivity index (χ0) is 24.2. The number of aromatic hydroxyl groups is 2. The lowest BCUT2D eigenvalue weighted by Crippen LogP contribution is -2.01. The summed E-state index contributed by atoms with van der Waals surface area (Å²) in [6, 6.07) is 13.9. The molecule has 4 rings (SSSR count). The second-order valence-electron chi connectivity index (χ2n) is 6.69. The van der Waals surface area contributed by atoms with Crippen LogP contribution in [0.15, 0.2) is 54.6 Å². The topological polar surface area (TPSA) is 116 Å². The first-order valence-electron chi connectivity index (χ1n) is 9.30. The molecular weight excluding hydrogens is 519 g/mol. The Balaban J connectivity index is 1.96. The van der Waals surface area contributed by atoms with E-state index in [2.05, 4.69) is 66.6 Å². The van der Waals surface area contributed by atoms with E-state index in [4.69, 9.17) is 16.7 Å². The normalized spacial score (nSPS) is 10.6. The molecule has 34 heavy (non-hydrogen) atoms. The van der Waals surface area contributed by atoms with Crippen LogP contribution in [0.2, 0.25) is 0 Å². The third kappa shape index (κ3) is 4.87. The predicted molar refractivity (Wildman–Crippen MR) is 138 cm³/mol. The van der Waals surface area contributed by atoms with Gasteiger partial charge in [-0.2, -0.15) is 0 Å². The number of phenolic OH excluding ortho intramolecular Hbond substituents is 2. The van der Waals surface area contributed by atoms with Crippen molar-refractivity contribution in [3.63, 3.8) is 0 Å². The summed E-state index contributed by atoms with van der Waals surface area (Å²) in [7, 11) is 0. The number of hydrogen-bond acceptors (Lipinski definition) is 13. The van der Waals surface area contributed by atoms with E-state index in [-0.39, 0.29) is 45.8 Å². The minimum atomic E-state index is -0.151. The molecule has 1 aromatic heterocycles. The van der Waals surface area contributed by atoms with Crippen molar-refractivity contribution in [1.82, 2.24) is 15.0 Å². The van der Waals surface area contributed by atoms with E-state index in [9.17, 15) is 10.2 Å². The van der Waals surface area contributed by atoms with Gasteiger partial charge in [0.15, 0.2) is 23.2 Å². The number of aromatic nitrogens is 3. The van der Waals surface area contributed by atoms with Crippen LogP contribution in [0, 0.1) is 0 Å². The van der Waals surface area contributed by atoms with Crippen molar-refractivity contribution in [3.05, 3.63) is 54.6 Å². The van der Waals surface area contributed by atoms with Crippen LogP contribution in [0.25, 0.3) is 34.2 Å². The third-order valence-corrected chi connectivity index (χ3v) is 5.49. The van der Waals surface area contributed by atoms with E-state index in [0.717, 1.165) is 0 Å². The molecule has 0 atom stereocenters. The fourth-order valence-corrected chi connectivity index (χ4v) is 3.56. The summed E-state index contributed by atoms with van der Waals surface area (Å²) in [6.45, 7) is 0. The Morgan fingerprint density at radius 1 is 0.500 bits per heavy atom. The van der Waals surface area contributed by atoms with Gasteiger partial charge in [-0.05, 0) is 36.4 Å². The van der Waals surface area contributed by atoms with Crippen LogP contribution < -0.4 is 16.7 Å². The molecule has 4 aromatic rings. The predicted octanol–water partition coefficient (Wildman–Crippen LogP) is 5.18. The van der Waals surface area contributed by atoms with Crippen LogP contribution in [-0.2, 0) is 0 Å². The Morgan fingerprint density at radius 2 is 0.882 bits per heavy atom.